The lowest BCUT2D eigenvalue weighted by Crippen LogP contribution is -2.31. The molecule has 0 aliphatic carbocycles. The van der Waals surface area contributed by atoms with E-state index in [1.54, 1.807) is 0 Å². The lowest BCUT2D eigenvalue weighted by molar-refractivity contribution is -0.0553. The molecule has 0 spiro atoms. The maximum absolute atomic E-state index is 13.8. The molecule has 0 unspecified atom stereocenters. The van der Waals surface area contributed by atoms with E-state index in [4.69, 9.17) is 0 Å². The number of ether oxygens (including phenoxy) is 1. The Bertz CT molecular complexity index is 472. The summed E-state index contributed by atoms with van der Waals surface area (Å²) in [6.07, 6.45) is 2.09. The van der Waals surface area contributed by atoms with Crippen LogP contribution >= 0.6 is 0 Å². The molecule has 1 heterocycles. The average molecular weight is 299 g/mol. The second-order valence-electron chi connectivity index (χ2n) is 4.36. The van der Waals surface area contributed by atoms with Gasteiger partial charge in [-0.2, -0.15) is 17.6 Å². The minimum absolute atomic E-state index is 0.238. The Hall–Kier alpha value is -1.60. The summed E-state index contributed by atoms with van der Waals surface area (Å²) >= 11 is 0. The zero-order valence-electron chi connectivity index (χ0n) is 10.2. The standard InChI is InChI=1S/C12H11F6NO/c13-6-8(15)11(20-12(17)18)9(16)7(14)10(6)19-4-2-1-3-5-19/h12H,1-5H2. The molecule has 0 radical (unpaired) electrons. The van der Waals surface area contributed by atoms with Crippen molar-refractivity contribution in [3.8, 4) is 5.75 Å². The Morgan fingerprint density at radius 2 is 1.30 bits per heavy atom. The summed E-state index contributed by atoms with van der Waals surface area (Å²) in [6.45, 7) is -3.11. The molecule has 112 valence electrons. The second-order valence-corrected chi connectivity index (χ2v) is 4.36. The Labute approximate surface area is 110 Å². The predicted molar refractivity (Wildman–Crippen MR) is 59.0 cm³/mol. The van der Waals surface area contributed by atoms with Crippen molar-refractivity contribution in [3.05, 3.63) is 23.3 Å². The quantitative estimate of drug-likeness (QED) is 0.621. The summed E-state index contributed by atoms with van der Waals surface area (Å²) in [5.41, 5.74) is -0.874. The molecule has 1 fully saturated rings. The number of piperidine rings is 1. The van der Waals surface area contributed by atoms with Crippen molar-refractivity contribution in [2.24, 2.45) is 0 Å². The summed E-state index contributed by atoms with van der Waals surface area (Å²) in [5, 5.41) is 0. The van der Waals surface area contributed by atoms with Crippen molar-refractivity contribution in [1.29, 1.82) is 0 Å². The minimum atomic E-state index is -3.58. The Morgan fingerprint density at radius 1 is 0.800 bits per heavy atom. The summed E-state index contributed by atoms with van der Waals surface area (Å²) in [5.74, 6) is -9.09. The van der Waals surface area contributed by atoms with Crippen molar-refractivity contribution in [3.63, 3.8) is 0 Å². The van der Waals surface area contributed by atoms with Gasteiger partial charge in [0.15, 0.2) is 11.6 Å². The van der Waals surface area contributed by atoms with Crippen molar-refractivity contribution in [2.45, 2.75) is 25.9 Å². The first-order valence-electron chi connectivity index (χ1n) is 5.99. The van der Waals surface area contributed by atoms with Crippen molar-refractivity contribution in [2.75, 3.05) is 18.0 Å². The van der Waals surface area contributed by atoms with E-state index in [9.17, 15) is 26.3 Å². The second kappa shape index (κ2) is 5.80. The predicted octanol–water partition coefficient (Wildman–Crippen LogP) is 3.83. The summed E-state index contributed by atoms with van der Waals surface area (Å²) in [7, 11) is 0. The van der Waals surface area contributed by atoms with E-state index in [1.165, 1.54) is 0 Å². The topological polar surface area (TPSA) is 12.5 Å². The zero-order valence-corrected chi connectivity index (χ0v) is 10.2. The summed E-state index contributed by atoms with van der Waals surface area (Å²) in [6, 6.07) is 0. The first kappa shape index (κ1) is 14.8. The van der Waals surface area contributed by atoms with Gasteiger partial charge in [0.25, 0.3) is 0 Å². The maximum atomic E-state index is 13.8. The van der Waals surface area contributed by atoms with E-state index in [1.807, 2.05) is 0 Å². The molecule has 1 saturated heterocycles. The van der Waals surface area contributed by atoms with Crippen LogP contribution in [0, 0.1) is 23.3 Å². The molecule has 0 atom stereocenters. The lowest BCUT2D eigenvalue weighted by Gasteiger charge is -2.29. The Morgan fingerprint density at radius 3 is 1.75 bits per heavy atom. The Balaban J connectivity index is 2.48. The molecule has 0 saturated carbocycles. The van der Waals surface area contributed by atoms with Crippen LogP contribution in [0.5, 0.6) is 5.75 Å². The highest BCUT2D eigenvalue weighted by Crippen LogP contribution is 2.36. The highest BCUT2D eigenvalue weighted by atomic mass is 19.3. The molecule has 0 N–H and O–H groups in total. The third-order valence-electron chi connectivity index (χ3n) is 3.08. The monoisotopic (exact) mass is 299 g/mol. The van der Waals surface area contributed by atoms with Crippen LogP contribution in [-0.2, 0) is 0 Å². The fourth-order valence-corrected chi connectivity index (χ4v) is 2.19. The molecule has 0 aromatic heterocycles. The van der Waals surface area contributed by atoms with Gasteiger partial charge in [-0.25, -0.2) is 8.78 Å². The molecule has 1 aliphatic heterocycles. The van der Waals surface area contributed by atoms with Gasteiger partial charge in [0.2, 0.25) is 17.4 Å². The van der Waals surface area contributed by atoms with Gasteiger partial charge in [-0.05, 0) is 19.3 Å². The van der Waals surface area contributed by atoms with Crippen molar-refractivity contribution >= 4 is 5.69 Å². The van der Waals surface area contributed by atoms with Crippen LogP contribution in [0.25, 0.3) is 0 Å². The van der Waals surface area contributed by atoms with Gasteiger partial charge in [0.05, 0.1) is 0 Å². The number of hydrogen-bond acceptors (Lipinski definition) is 2. The van der Waals surface area contributed by atoms with Crippen LogP contribution in [0.3, 0.4) is 0 Å². The number of hydrogen-bond donors (Lipinski definition) is 0. The number of anilines is 1. The highest BCUT2D eigenvalue weighted by molar-refractivity contribution is 5.54. The van der Waals surface area contributed by atoms with Gasteiger partial charge in [-0.15, -0.1) is 0 Å². The zero-order chi connectivity index (χ0) is 14.9. The number of rotatable bonds is 3. The molecule has 1 aliphatic rings. The molecule has 0 bridgehead atoms. The van der Waals surface area contributed by atoms with E-state index in [0.717, 1.165) is 11.3 Å². The molecule has 8 heteroatoms. The van der Waals surface area contributed by atoms with Gasteiger partial charge >= 0.3 is 6.61 Å². The number of benzene rings is 1. The van der Waals surface area contributed by atoms with Gasteiger partial charge < -0.3 is 9.64 Å². The van der Waals surface area contributed by atoms with Gasteiger partial charge in [-0.3, -0.25) is 0 Å². The molecule has 2 rings (SSSR count). The maximum Gasteiger partial charge on any atom is 0.387 e. The van der Waals surface area contributed by atoms with E-state index in [-0.39, 0.29) is 13.1 Å². The van der Waals surface area contributed by atoms with Crippen LogP contribution in [0.1, 0.15) is 19.3 Å². The van der Waals surface area contributed by atoms with Crippen molar-refractivity contribution in [1.82, 2.24) is 0 Å². The third kappa shape index (κ3) is 2.64. The van der Waals surface area contributed by atoms with Crippen LogP contribution in [0.15, 0.2) is 0 Å². The fraction of sp³-hybridized carbons (Fsp3) is 0.500. The highest BCUT2D eigenvalue weighted by Gasteiger charge is 2.31. The first-order chi connectivity index (χ1) is 9.43. The fourth-order valence-electron chi connectivity index (χ4n) is 2.19. The summed E-state index contributed by atoms with van der Waals surface area (Å²) < 4.78 is 82.2. The summed E-state index contributed by atoms with van der Waals surface area (Å²) in [4.78, 5) is 1.16. The Kier molecular flexibility index (Phi) is 4.29. The van der Waals surface area contributed by atoms with E-state index >= 15 is 0 Å². The van der Waals surface area contributed by atoms with Gasteiger partial charge in [-0.1, -0.05) is 0 Å². The van der Waals surface area contributed by atoms with Crippen molar-refractivity contribution < 1.29 is 31.1 Å². The van der Waals surface area contributed by atoms with Crippen LogP contribution in [-0.4, -0.2) is 19.7 Å². The van der Waals surface area contributed by atoms with E-state index in [0.29, 0.717) is 12.8 Å². The third-order valence-corrected chi connectivity index (χ3v) is 3.08. The van der Waals surface area contributed by atoms with Crippen LogP contribution < -0.4 is 9.64 Å². The lowest BCUT2D eigenvalue weighted by atomic mass is 10.1. The molecule has 1 aromatic rings. The SMILES string of the molecule is Fc1c(F)c(N2CCCCC2)c(F)c(F)c1OC(F)F. The average Bonchev–Trinajstić information content (AvgIpc) is 2.43. The van der Waals surface area contributed by atoms with Crippen LogP contribution in [0.4, 0.5) is 32.0 Å². The minimum Gasteiger partial charge on any atom is -0.428 e. The van der Waals surface area contributed by atoms with E-state index < -0.39 is 41.3 Å². The normalized spacial score (nSPS) is 15.8. The number of nitrogens with zero attached hydrogens (tertiary/aromatic N) is 1. The smallest absolute Gasteiger partial charge is 0.387 e. The first-order valence-corrected chi connectivity index (χ1v) is 5.99. The molecular formula is C12H11F6NO. The van der Waals surface area contributed by atoms with Crippen LogP contribution in [0.2, 0.25) is 0 Å². The molecule has 2 nitrogen and oxygen atoms in total. The number of halogens is 6. The number of alkyl halides is 2. The van der Waals surface area contributed by atoms with Gasteiger partial charge in [0.1, 0.15) is 5.69 Å². The van der Waals surface area contributed by atoms with E-state index in [2.05, 4.69) is 4.74 Å². The molecule has 0 amide bonds. The largest absolute Gasteiger partial charge is 0.428 e. The van der Waals surface area contributed by atoms with Gasteiger partial charge in [0, 0.05) is 13.1 Å². The molecule has 20 heavy (non-hydrogen) atoms. The molecular weight excluding hydrogens is 288 g/mol. The molecule has 1 aromatic carbocycles.